The number of hydrogen-bond donors (Lipinski definition) is 2. The second-order valence-electron chi connectivity index (χ2n) is 8.04. The molecule has 1 aliphatic rings. The first-order valence-corrected chi connectivity index (χ1v) is 10.4. The number of nitrogens with zero attached hydrogens (tertiary/aromatic N) is 2. The van der Waals surface area contributed by atoms with Crippen molar-refractivity contribution in [3.63, 3.8) is 0 Å². The van der Waals surface area contributed by atoms with Crippen molar-refractivity contribution >= 4 is 28.1 Å². The average Bonchev–Trinajstić information content (AvgIpc) is 3.29. The number of methoxy groups -OCH3 is 3. The van der Waals surface area contributed by atoms with Crippen LogP contribution in [0.3, 0.4) is 0 Å². The second-order valence-corrected chi connectivity index (χ2v) is 8.04. The molecule has 0 unspecified atom stereocenters. The van der Waals surface area contributed by atoms with Gasteiger partial charge in [-0.2, -0.15) is 0 Å². The van der Waals surface area contributed by atoms with Crippen LogP contribution in [0.4, 0.5) is 5.69 Å². The first kappa shape index (κ1) is 21.7. The summed E-state index contributed by atoms with van der Waals surface area (Å²) in [6.07, 6.45) is 0. The Morgan fingerprint density at radius 3 is 2.38 bits per heavy atom. The van der Waals surface area contributed by atoms with E-state index < -0.39 is 5.54 Å². The molecule has 0 fully saturated rings. The zero-order valence-corrected chi connectivity index (χ0v) is 19.0. The molecule has 8 heteroatoms. The number of rotatable bonds is 8. The minimum absolute atomic E-state index is 0.0433. The molecule has 8 nitrogen and oxygen atoms in total. The number of ketones is 1. The van der Waals surface area contributed by atoms with Gasteiger partial charge < -0.3 is 29.4 Å². The first-order valence-electron chi connectivity index (χ1n) is 10.4. The molecule has 1 aromatic heterocycles. The fourth-order valence-electron chi connectivity index (χ4n) is 4.01. The predicted molar refractivity (Wildman–Crippen MR) is 124 cm³/mol. The molecule has 0 atom stereocenters. The van der Waals surface area contributed by atoms with Gasteiger partial charge in [0.15, 0.2) is 5.78 Å². The lowest BCUT2D eigenvalue weighted by molar-refractivity contribution is -0.116. The lowest BCUT2D eigenvalue weighted by Crippen LogP contribution is -2.46. The standard InChI is InChI=1S/C24H28N4O4/c1-24(2)21(29)20(22-26-18-8-6-7-9-19(18)27-22)23(25-10-11-30-3)28(24)15-12-16(31-4)14-17(13-15)32-5/h6-9,12-14,25H,10-11H2,1-5H3,(H,26,27). The number of nitrogens with one attached hydrogen (secondary N) is 2. The Balaban J connectivity index is 1.91. The zero-order valence-electron chi connectivity index (χ0n) is 19.0. The van der Waals surface area contributed by atoms with E-state index in [-0.39, 0.29) is 5.78 Å². The van der Waals surface area contributed by atoms with Gasteiger partial charge in [0, 0.05) is 31.9 Å². The van der Waals surface area contributed by atoms with Gasteiger partial charge in [0.25, 0.3) is 0 Å². The Morgan fingerprint density at radius 1 is 1.06 bits per heavy atom. The molecule has 0 bridgehead atoms. The minimum Gasteiger partial charge on any atom is -0.497 e. The Kier molecular flexibility index (Phi) is 5.80. The van der Waals surface area contributed by atoms with E-state index in [1.807, 2.05) is 55.1 Å². The van der Waals surface area contributed by atoms with Gasteiger partial charge in [-0.15, -0.1) is 0 Å². The maximum Gasteiger partial charge on any atom is 0.195 e. The summed E-state index contributed by atoms with van der Waals surface area (Å²) < 4.78 is 16.2. The summed E-state index contributed by atoms with van der Waals surface area (Å²) in [5, 5.41) is 3.40. The molecule has 32 heavy (non-hydrogen) atoms. The monoisotopic (exact) mass is 436 g/mol. The summed E-state index contributed by atoms with van der Waals surface area (Å²) >= 11 is 0. The van der Waals surface area contributed by atoms with Gasteiger partial charge in [-0.05, 0) is 26.0 Å². The van der Waals surface area contributed by atoms with E-state index in [9.17, 15) is 4.79 Å². The van der Waals surface area contributed by atoms with Crippen molar-refractivity contribution in [2.45, 2.75) is 19.4 Å². The Labute approximate surface area is 187 Å². The van der Waals surface area contributed by atoms with E-state index in [4.69, 9.17) is 19.2 Å². The molecule has 168 valence electrons. The molecule has 1 aliphatic heterocycles. The van der Waals surface area contributed by atoms with Gasteiger partial charge in [-0.3, -0.25) is 4.79 Å². The number of aromatic amines is 1. The number of aromatic nitrogens is 2. The Bertz CT molecular complexity index is 1130. The molecule has 0 saturated heterocycles. The third-order valence-electron chi connectivity index (χ3n) is 5.62. The molecule has 0 aliphatic carbocycles. The number of carbonyl (C=O) groups excluding carboxylic acids is 1. The average molecular weight is 437 g/mol. The van der Waals surface area contributed by atoms with E-state index in [0.29, 0.717) is 41.9 Å². The Hall–Kier alpha value is -3.52. The van der Waals surface area contributed by atoms with E-state index in [2.05, 4.69) is 10.3 Å². The van der Waals surface area contributed by atoms with Crippen LogP contribution in [0.5, 0.6) is 11.5 Å². The first-order chi connectivity index (χ1) is 15.4. The van der Waals surface area contributed by atoms with Gasteiger partial charge >= 0.3 is 0 Å². The zero-order chi connectivity index (χ0) is 22.9. The quantitative estimate of drug-likeness (QED) is 0.524. The highest BCUT2D eigenvalue weighted by Crippen LogP contribution is 2.43. The molecule has 0 amide bonds. The van der Waals surface area contributed by atoms with Gasteiger partial charge in [0.2, 0.25) is 0 Å². The highest BCUT2D eigenvalue weighted by Gasteiger charge is 2.48. The molecule has 2 aromatic carbocycles. The molecule has 0 spiro atoms. The van der Waals surface area contributed by atoms with Gasteiger partial charge in [0.1, 0.15) is 34.3 Å². The molecule has 3 aromatic rings. The highest BCUT2D eigenvalue weighted by atomic mass is 16.5. The predicted octanol–water partition coefficient (Wildman–Crippen LogP) is 3.35. The van der Waals surface area contributed by atoms with Crippen LogP contribution in [0.2, 0.25) is 0 Å². The normalized spacial score (nSPS) is 15.5. The third-order valence-corrected chi connectivity index (χ3v) is 5.62. The van der Waals surface area contributed by atoms with Crippen molar-refractivity contribution in [1.82, 2.24) is 15.3 Å². The lowest BCUT2D eigenvalue weighted by atomic mass is 9.95. The summed E-state index contributed by atoms with van der Waals surface area (Å²) in [6, 6.07) is 13.3. The van der Waals surface area contributed by atoms with Gasteiger partial charge in [-0.1, -0.05) is 12.1 Å². The van der Waals surface area contributed by atoms with Crippen molar-refractivity contribution < 1.29 is 19.0 Å². The number of hydrogen-bond acceptors (Lipinski definition) is 7. The number of ether oxygens (including phenoxy) is 3. The van der Waals surface area contributed by atoms with Crippen LogP contribution in [-0.4, -0.2) is 55.8 Å². The second kappa shape index (κ2) is 8.55. The van der Waals surface area contributed by atoms with Crippen LogP contribution in [0.1, 0.15) is 19.7 Å². The lowest BCUT2D eigenvalue weighted by Gasteiger charge is -2.35. The largest absolute Gasteiger partial charge is 0.497 e. The number of H-pyrrole nitrogens is 1. The fraction of sp³-hybridized carbons (Fsp3) is 0.333. The minimum atomic E-state index is -0.874. The van der Waals surface area contributed by atoms with Crippen molar-refractivity contribution in [3.05, 3.63) is 54.1 Å². The highest BCUT2D eigenvalue weighted by molar-refractivity contribution is 6.29. The van der Waals surface area contributed by atoms with E-state index in [1.165, 1.54) is 0 Å². The van der Waals surface area contributed by atoms with Gasteiger partial charge in [-0.25, -0.2) is 4.98 Å². The number of anilines is 1. The molecular formula is C24H28N4O4. The number of fused-ring (bicyclic) bond motifs is 1. The van der Waals surface area contributed by atoms with E-state index >= 15 is 0 Å². The number of benzene rings is 2. The Morgan fingerprint density at radius 2 is 1.75 bits per heavy atom. The number of imidazole rings is 1. The van der Waals surface area contributed by atoms with Crippen LogP contribution in [-0.2, 0) is 9.53 Å². The fourth-order valence-corrected chi connectivity index (χ4v) is 4.01. The molecule has 0 saturated carbocycles. The van der Waals surface area contributed by atoms with E-state index in [1.54, 1.807) is 27.4 Å². The summed E-state index contributed by atoms with van der Waals surface area (Å²) in [4.78, 5) is 23.7. The third kappa shape index (κ3) is 3.67. The van der Waals surface area contributed by atoms with Crippen LogP contribution in [0.15, 0.2) is 48.3 Å². The molecule has 2 heterocycles. The summed E-state index contributed by atoms with van der Waals surface area (Å²) in [7, 11) is 4.85. The number of para-hydroxylation sites is 2. The molecule has 4 rings (SSSR count). The maximum absolute atomic E-state index is 13.7. The van der Waals surface area contributed by atoms with Crippen LogP contribution >= 0.6 is 0 Å². The van der Waals surface area contributed by atoms with Crippen molar-refractivity contribution in [2.24, 2.45) is 0 Å². The van der Waals surface area contributed by atoms with Crippen LogP contribution < -0.4 is 19.7 Å². The smallest absolute Gasteiger partial charge is 0.195 e. The maximum atomic E-state index is 13.7. The molecule has 2 N–H and O–H groups in total. The molecule has 0 radical (unpaired) electrons. The summed E-state index contributed by atoms with van der Waals surface area (Å²) in [5.74, 6) is 2.42. The van der Waals surface area contributed by atoms with Gasteiger partial charge in [0.05, 0.1) is 37.5 Å². The van der Waals surface area contributed by atoms with Crippen LogP contribution in [0.25, 0.3) is 16.6 Å². The molecular weight excluding hydrogens is 408 g/mol. The van der Waals surface area contributed by atoms with Crippen LogP contribution in [0, 0.1) is 0 Å². The van der Waals surface area contributed by atoms with Crippen molar-refractivity contribution in [1.29, 1.82) is 0 Å². The van der Waals surface area contributed by atoms with Crippen molar-refractivity contribution in [3.8, 4) is 11.5 Å². The van der Waals surface area contributed by atoms with E-state index in [0.717, 1.165) is 16.7 Å². The SMILES string of the molecule is COCCNC1=C(c2nc3ccccc3[nH]2)C(=O)C(C)(C)N1c1cc(OC)cc(OC)c1. The van der Waals surface area contributed by atoms with Crippen molar-refractivity contribution in [2.75, 3.05) is 39.4 Å². The number of carbonyl (C=O) groups is 1. The topological polar surface area (TPSA) is 88.7 Å². The number of Topliss-reactive ketones (excluding diaryl/α,β-unsaturated/α-hetero) is 1. The summed E-state index contributed by atoms with van der Waals surface area (Å²) in [5.41, 5.74) is 2.08. The summed E-state index contributed by atoms with van der Waals surface area (Å²) in [6.45, 7) is 4.81.